The Balaban J connectivity index is 2.90. The molecule has 0 aliphatic carbocycles. The van der Waals surface area contributed by atoms with E-state index in [1.54, 1.807) is 6.92 Å². The number of halogens is 5. The Labute approximate surface area is 88.6 Å². The number of benzene rings is 1. The highest BCUT2D eigenvalue weighted by atomic mass is 35.5. The van der Waals surface area contributed by atoms with Crippen LogP contribution >= 0.6 is 11.6 Å². The van der Waals surface area contributed by atoms with E-state index in [-0.39, 0.29) is 5.02 Å². The number of ether oxygens (including phenoxy) is 1. The normalized spacial score (nSPS) is 11.9. The lowest BCUT2D eigenvalue weighted by Gasteiger charge is -2.17. The standard InChI is InChI=1S/C9H7ClF4O/c1-5-2-3-7(6(10)4-5)15-9(13,14)8(11)12/h2-4,8H,1H3. The molecular formula is C9H7ClF4O. The molecule has 1 rings (SSSR count). The molecule has 0 N–H and O–H groups in total. The molecule has 1 aromatic carbocycles. The maximum Gasteiger partial charge on any atom is 0.461 e. The highest BCUT2D eigenvalue weighted by Crippen LogP contribution is 2.32. The molecule has 0 radical (unpaired) electrons. The van der Waals surface area contributed by atoms with Crippen molar-refractivity contribution in [3.05, 3.63) is 28.8 Å². The molecule has 0 aliphatic rings. The van der Waals surface area contributed by atoms with Gasteiger partial charge in [-0.15, -0.1) is 0 Å². The summed E-state index contributed by atoms with van der Waals surface area (Å²) in [4.78, 5) is 0. The lowest BCUT2D eigenvalue weighted by molar-refractivity contribution is -0.253. The maximum absolute atomic E-state index is 12.5. The zero-order valence-electron chi connectivity index (χ0n) is 7.61. The summed E-state index contributed by atoms with van der Waals surface area (Å²) in [6.07, 6.45) is -8.42. The second-order valence-electron chi connectivity index (χ2n) is 2.90. The second kappa shape index (κ2) is 4.26. The summed E-state index contributed by atoms with van der Waals surface area (Å²) >= 11 is 5.54. The van der Waals surface area contributed by atoms with Gasteiger partial charge in [0.1, 0.15) is 5.75 Å². The Morgan fingerprint density at radius 3 is 2.40 bits per heavy atom. The van der Waals surface area contributed by atoms with Crippen molar-refractivity contribution in [3.63, 3.8) is 0 Å². The molecule has 0 saturated heterocycles. The largest absolute Gasteiger partial charge is 0.461 e. The molecule has 0 aliphatic heterocycles. The van der Waals surface area contributed by atoms with Crippen LogP contribution in [0.25, 0.3) is 0 Å². The van der Waals surface area contributed by atoms with Gasteiger partial charge < -0.3 is 4.74 Å². The summed E-state index contributed by atoms with van der Waals surface area (Å²) < 4.78 is 52.4. The third-order valence-corrected chi connectivity index (χ3v) is 1.88. The van der Waals surface area contributed by atoms with E-state index < -0.39 is 18.3 Å². The Hall–Kier alpha value is -0.970. The van der Waals surface area contributed by atoms with E-state index in [4.69, 9.17) is 11.6 Å². The summed E-state index contributed by atoms with van der Waals surface area (Å²) in [7, 11) is 0. The highest BCUT2D eigenvalue weighted by molar-refractivity contribution is 6.32. The molecule has 0 heterocycles. The first-order valence-corrected chi connectivity index (χ1v) is 4.32. The van der Waals surface area contributed by atoms with Gasteiger partial charge in [-0.1, -0.05) is 17.7 Å². The first-order valence-electron chi connectivity index (χ1n) is 3.94. The number of hydrogen-bond acceptors (Lipinski definition) is 1. The second-order valence-corrected chi connectivity index (χ2v) is 3.31. The first kappa shape index (κ1) is 12.1. The quantitative estimate of drug-likeness (QED) is 0.731. The SMILES string of the molecule is Cc1ccc(OC(F)(F)C(F)F)c(Cl)c1. The van der Waals surface area contributed by atoms with Crippen LogP contribution < -0.4 is 4.74 Å². The van der Waals surface area contributed by atoms with Gasteiger partial charge in [0, 0.05) is 0 Å². The van der Waals surface area contributed by atoms with Crippen LogP contribution in [0.4, 0.5) is 17.6 Å². The summed E-state index contributed by atoms with van der Waals surface area (Å²) in [5.74, 6) is -0.465. The zero-order chi connectivity index (χ0) is 11.6. The van der Waals surface area contributed by atoms with Crippen molar-refractivity contribution in [2.75, 3.05) is 0 Å². The molecule has 1 nitrogen and oxygen atoms in total. The third-order valence-electron chi connectivity index (χ3n) is 1.59. The van der Waals surface area contributed by atoms with Gasteiger partial charge in [0.2, 0.25) is 0 Å². The van der Waals surface area contributed by atoms with Gasteiger partial charge in [0.15, 0.2) is 0 Å². The number of rotatable bonds is 3. The first-order chi connectivity index (χ1) is 6.83. The van der Waals surface area contributed by atoms with E-state index in [0.29, 0.717) is 5.56 Å². The predicted octanol–water partition coefficient (Wildman–Crippen LogP) is 3.89. The van der Waals surface area contributed by atoms with Gasteiger partial charge in [-0.2, -0.15) is 17.6 Å². The average molecular weight is 243 g/mol. The molecule has 0 atom stereocenters. The highest BCUT2D eigenvalue weighted by Gasteiger charge is 2.44. The topological polar surface area (TPSA) is 9.23 Å². The smallest absolute Gasteiger partial charge is 0.427 e. The maximum atomic E-state index is 12.5. The van der Waals surface area contributed by atoms with Crippen molar-refractivity contribution >= 4 is 11.6 Å². The minimum atomic E-state index is -4.53. The Kier molecular flexibility index (Phi) is 3.44. The third kappa shape index (κ3) is 2.99. The van der Waals surface area contributed by atoms with Gasteiger partial charge in [0.25, 0.3) is 0 Å². The number of alkyl halides is 4. The zero-order valence-corrected chi connectivity index (χ0v) is 8.36. The van der Waals surface area contributed by atoms with E-state index in [2.05, 4.69) is 4.74 Å². The van der Waals surface area contributed by atoms with Crippen molar-refractivity contribution in [2.24, 2.45) is 0 Å². The molecule has 0 amide bonds. The van der Waals surface area contributed by atoms with Crippen LogP contribution in [0, 0.1) is 6.92 Å². The van der Waals surface area contributed by atoms with Crippen molar-refractivity contribution in [3.8, 4) is 5.75 Å². The fourth-order valence-electron chi connectivity index (χ4n) is 0.880. The molecule has 0 saturated carbocycles. The molecule has 84 valence electrons. The Morgan fingerprint density at radius 2 is 1.93 bits per heavy atom. The lowest BCUT2D eigenvalue weighted by atomic mass is 10.2. The summed E-state index contributed by atoms with van der Waals surface area (Å²) in [5.41, 5.74) is 0.715. The van der Waals surface area contributed by atoms with Crippen molar-refractivity contribution in [1.29, 1.82) is 0 Å². The van der Waals surface area contributed by atoms with E-state index in [1.807, 2.05) is 0 Å². The van der Waals surface area contributed by atoms with Gasteiger partial charge in [-0.25, -0.2) is 0 Å². The fourth-order valence-corrected chi connectivity index (χ4v) is 1.15. The van der Waals surface area contributed by atoms with Gasteiger partial charge in [-0.05, 0) is 24.6 Å². The van der Waals surface area contributed by atoms with Crippen LogP contribution in [0.15, 0.2) is 18.2 Å². The molecule has 6 heteroatoms. The summed E-state index contributed by atoms with van der Waals surface area (Å²) in [6.45, 7) is 1.68. The van der Waals surface area contributed by atoms with Crippen LogP contribution in [0.1, 0.15) is 5.56 Å². The molecule has 0 unspecified atom stereocenters. The van der Waals surface area contributed by atoms with Crippen LogP contribution in [0.5, 0.6) is 5.75 Å². The van der Waals surface area contributed by atoms with E-state index in [9.17, 15) is 17.6 Å². The molecule has 0 aromatic heterocycles. The van der Waals surface area contributed by atoms with Crippen molar-refractivity contribution < 1.29 is 22.3 Å². The molecule has 1 aromatic rings. The monoisotopic (exact) mass is 242 g/mol. The Bertz CT molecular complexity index is 354. The van der Waals surface area contributed by atoms with Gasteiger partial charge >= 0.3 is 12.5 Å². The molecule has 0 spiro atoms. The van der Waals surface area contributed by atoms with Gasteiger partial charge in [-0.3, -0.25) is 0 Å². The molecule has 0 bridgehead atoms. The Morgan fingerprint density at radius 1 is 1.33 bits per heavy atom. The van der Waals surface area contributed by atoms with Crippen LogP contribution in [0.3, 0.4) is 0 Å². The van der Waals surface area contributed by atoms with Gasteiger partial charge in [0.05, 0.1) is 5.02 Å². The van der Waals surface area contributed by atoms with Crippen LogP contribution in [-0.4, -0.2) is 12.5 Å². The lowest BCUT2D eigenvalue weighted by Crippen LogP contribution is -2.33. The van der Waals surface area contributed by atoms with Crippen molar-refractivity contribution in [1.82, 2.24) is 0 Å². The molecular weight excluding hydrogens is 236 g/mol. The van der Waals surface area contributed by atoms with Crippen molar-refractivity contribution in [2.45, 2.75) is 19.5 Å². The minimum absolute atomic E-state index is 0.129. The minimum Gasteiger partial charge on any atom is -0.427 e. The predicted molar refractivity (Wildman–Crippen MR) is 47.8 cm³/mol. The van der Waals surface area contributed by atoms with E-state index >= 15 is 0 Å². The molecule has 15 heavy (non-hydrogen) atoms. The van der Waals surface area contributed by atoms with E-state index in [1.165, 1.54) is 12.1 Å². The van der Waals surface area contributed by atoms with E-state index in [0.717, 1.165) is 6.07 Å². The summed E-state index contributed by atoms with van der Waals surface area (Å²) in [6, 6.07) is 3.90. The number of aryl methyl sites for hydroxylation is 1. The summed E-state index contributed by atoms with van der Waals surface area (Å²) in [5, 5.41) is -0.129. The van der Waals surface area contributed by atoms with Crippen LogP contribution in [0.2, 0.25) is 5.02 Å². The fraction of sp³-hybridized carbons (Fsp3) is 0.333. The average Bonchev–Trinajstić information content (AvgIpc) is 2.09. The number of hydrogen-bond donors (Lipinski definition) is 0. The van der Waals surface area contributed by atoms with Crippen LogP contribution in [-0.2, 0) is 0 Å². The molecule has 0 fully saturated rings.